The van der Waals surface area contributed by atoms with Gasteiger partial charge < -0.3 is 15.2 Å². The van der Waals surface area contributed by atoms with Gasteiger partial charge in [-0.05, 0) is 48.1 Å². The molecule has 0 atom stereocenters. The minimum atomic E-state index is -0.458. The maximum atomic E-state index is 14.0. The molecular formula is C24H27ClFNO3. The minimum absolute atomic E-state index is 0.0694. The van der Waals surface area contributed by atoms with Gasteiger partial charge in [0.25, 0.3) is 0 Å². The second-order valence-electron chi connectivity index (χ2n) is 7.51. The van der Waals surface area contributed by atoms with Crippen LogP contribution in [0.2, 0.25) is 5.02 Å². The van der Waals surface area contributed by atoms with Crippen molar-refractivity contribution in [1.82, 2.24) is 4.98 Å². The van der Waals surface area contributed by atoms with Gasteiger partial charge in [0, 0.05) is 30.1 Å². The van der Waals surface area contributed by atoms with Crippen LogP contribution < -0.4 is 5.43 Å². The van der Waals surface area contributed by atoms with Crippen LogP contribution in [0.25, 0.3) is 16.7 Å². The van der Waals surface area contributed by atoms with Gasteiger partial charge in [-0.3, -0.25) is 4.79 Å². The van der Waals surface area contributed by atoms with Crippen molar-refractivity contribution in [3.8, 4) is 0 Å². The highest BCUT2D eigenvalue weighted by Crippen LogP contribution is 2.22. The molecule has 0 bridgehead atoms. The van der Waals surface area contributed by atoms with Crippen LogP contribution in [-0.4, -0.2) is 21.8 Å². The van der Waals surface area contributed by atoms with Gasteiger partial charge in [0.05, 0.1) is 10.6 Å². The van der Waals surface area contributed by atoms with Gasteiger partial charge in [-0.1, -0.05) is 50.2 Å². The third-order valence-corrected chi connectivity index (χ3v) is 4.91. The van der Waals surface area contributed by atoms with Crippen LogP contribution in [0.1, 0.15) is 43.4 Å². The van der Waals surface area contributed by atoms with Crippen molar-refractivity contribution in [3.05, 3.63) is 86.9 Å². The highest BCUT2D eigenvalue weighted by atomic mass is 35.5. The van der Waals surface area contributed by atoms with Crippen molar-refractivity contribution in [2.24, 2.45) is 5.92 Å². The summed E-state index contributed by atoms with van der Waals surface area (Å²) in [6.45, 7) is 8.05. The van der Waals surface area contributed by atoms with Crippen molar-refractivity contribution in [2.75, 3.05) is 6.61 Å². The molecule has 3 aromatic rings. The monoisotopic (exact) mass is 431 g/mol. The molecular weight excluding hydrogens is 405 g/mol. The molecule has 0 aliphatic carbocycles. The number of aliphatic hydroxyl groups excluding tert-OH is 2. The molecule has 0 spiro atoms. The number of aromatic nitrogens is 1. The smallest absolute Gasteiger partial charge is 0.200 e. The fourth-order valence-electron chi connectivity index (χ4n) is 2.99. The molecule has 160 valence electrons. The number of aromatic amines is 1. The second kappa shape index (κ2) is 11.0. The summed E-state index contributed by atoms with van der Waals surface area (Å²) in [6.07, 6.45) is 3.84. The van der Waals surface area contributed by atoms with Crippen molar-refractivity contribution in [2.45, 2.75) is 33.1 Å². The van der Waals surface area contributed by atoms with Crippen molar-refractivity contribution in [3.63, 3.8) is 0 Å². The zero-order chi connectivity index (χ0) is 22.3. The lowest BCUT2D eigenvalue weighted by Gasteiger charge is -2.07. The summed E-state index contributed by atoms with van der Waals surface area (Å²) >= 11 is 5.79. The number of nitrogens with one attached hydrogen (secondary N) is 1. The zero-order valence-corrected chi connectivity index (χ0v) is 18.0. The van der Waals surface area contributed by atoms with Gasteiger partial charge >= 0.3 is 0 Å². The molecule has 0 aliphatic heterocycles. The van der Waals surface area contributed by atoms with Crippen LogP contribution in [0, 0.1) is 11.7 Å². The molecule has 0 radical (unpaired) electrons. The predicted molar refractivity (Wildman–Crippen MR) is 122 cm³/mol. The first-order valence-electron chi connectivity index (χ1n) is 9.80. The molecule has 3 N–H and O–H groups in total. The Bertz CT molecular complexity index is 1080. The predicted octanol–water partition coefficient (Wildman–Crippen LogP) is 5.86. The maximum Gasteiger partial charge on any atom is 0.200 e. The van der Waals surface area contributed by atoms with Crippen LogP contribution >= 0.6 is 11.6 Å². The fraction of sp³-hybridized carbons (Fsp3) is 0.292. The van der Waals surface area contributed by atoms with Crippen LogP contribution in [0.3, 0.4) is 0 Å². The van der Waals surface area contributed by atoms with Crippen LogP contribution in [0.15, 0.2) is 54.0 Å². The summed E-state index contributed by atoms with van der Waals surface area (Å²) < 4.78 is 14.0. The van der Waals surface area contributed by atoms with E-state index in [1.807, 2.05) is 6.07 Å². The average molecular weight is 432 g/mol. The SMILES string of the molecule is C=C(O)c1c[nH]c2ccc(Cc3cccc(Cl)c3F)cc2c1=O.CC(C)CCCO. The molecule has 3 rings (SSSR count). The largest absolute Gasteiger partial charge is 0.508 e. The molecule has 0 saturated heterocycles. The van der Waals surface area contributed by atoms with Crippen molar-refractivity contribution >= 4 is 28.3 Å². The molecule has 0 unspecified atom stereocenters. The molecule has 30 heavy (non-hydrogen) atoms. The van der Waals surface area contributed by atoms with E-state index >= 15 is 0 Å². The highest BCUT2D eigenvalue weighted by Gasteiger charge is 2.10. The molecule has 1 aromatic heterocycles. The molecule has 0 saturated carbocycles. The molecule has 1 heterocycles. The number of benzene rings is 2. The summed E-state index contributed by atoms with van der Waals surface area (Å²) in [5.74, 6) is -0.00718. The van der Waals surface area contributed by atoms with Crippen LogP contribution in [0.4, 0.5) is 4.39 Å². The Balaban J connectivity index is 0.000000396. The van der Waals surface area contributed by atoms with E-state index in [0.29, 0.717) is 29.5 Å². The summed E-state index contributed by atoms with van der Waals surface area (Å²) in [6, 6.07) is 10.1. The Morgan fingerprint density at radius 1 is 1.27 bits per heavy atom. The van der Waals surface area contributed by atoms with E-state index in [0.717, 1.165) is 24.3 Å². The van der Waals surface area contributed by atoms with E-state index in [4.69, 9.17) is 16.7 Å². The quantitative estimate of drug-likeness (QED) is 0.428. The third-order valence-electron chi connectivity index (χ3n) is 4.62. The molecule has 4 nitrogen and oxygen atoms in total. The maximum absolute atomic E-state index is 14.0. The number of hydrogen-bond donors (Lipinski definition) is 3. The highest BCUT2D eigenvalue weighted by molar-refractivity contribution is 6.30. The Labute approximate surface area is 180 Å². The molecule has 2 aromatic carbocycles. The van der Waals surface area contributed by atoms with Gasteiger partial charge in [-0.25, -0.2) is 4.39 Å². The number of fused-ring (bicyclic) bond motifs is 1. The van der Waals surface area contributed by atoms with E-state index in [1.54, 1.807) is 24.3 Å². The van der Waals surface area contributed by atoms with Gasteiger partial charge in [0.15, 0.2) is 5.43 Å². The first-order valence-corrected chi connectivity index (χ1v) is 10.2. The zero-order valence-electron chi connectivity index (χ0n) is 17.2. The summed E-state index contributed by atoms with van der Waals surface area (Å²) in [5.41, 5.74) is 1.65. The molecule has 0 fully saturated rings. The summed E-state index contributed by atoms with van der Waals surface area (Å²) in [5, 5.41) is 18.3. The van der Waals surface area contributed by atoms with E-state index in [-0.39, 0.29) is 21.8 Å². The Morgan fingerprint density at radius 3 is 2.60 bits per heavy atom. The Hall–Kier alpha value is -2.63. The average Bonchev–Trinajstić information content (AvgIpc) is 2.70. The topological polar surface area (TPSA) is 73.3 Å². The van der Waals surface area contributed by atoms with Crippen molar-refractivity contribution in [1.29, 1.82) is 0 Å². The molecule has 0 aliphatic rings. The number of halogens is 2. The van der Waals surface area contributed by atoms with E-state index in [9.17, 15) is 14.3 Å². The molecule has 6 heteroatoms. The number of hydrogen-bond acceptors (Lipinski definition) is 3. The van der Waals surface area contributed by atoms with Gasteiger partial charge in [-0.15, -0.1) is 0 Å². The minimum Gasteiger partial charge on any atom is -0.508 e. The second-order valence-corrected chi connectivity index (χ2v) is 7.91. The van der Waals surface area contributed by atoms with E-state index < -0.39 is 5.82 Å². The van der Waals surface area contributed by atoms with Crippen LogP contribution in [0.5, 0.6) is 0 Å². The Morgan fingerprint density at radius 2 is 2.00 bits per heavy atom. The van der Waals surface area contributed by atoms with Crippen molar-refractivity contribution < 1.29 is 14.6 Å². The lowest BCUT2D eigenvalue weighted by Crippen LogP contribution is -2.09. The third kappa shape index (κ3) is 6.18. The number of H-pyrrole nitrogens is 1. The standard InChI is InChI=1S/C18H13ClFNO2.C6H14O/c1-10(22)14-9-21-16-6-5-11(8-13(16)18(14)23)7-12-3-2-4-15(19)17(12)20;1-6(2)4-3-5-7/h2-6,8-9,22H,1,7H2,(H,21,23);6-7H,3-5H2,1-2H3. The number of rotatable bonds is 6. The lowest BCUT2D eigenvalue weighted by atomic mass is 10.0. The first kappa shape index (κ1) is 23.6. The normalized spacial score (nSPS) is 10.7. The number of pyridine rings is 1. The van der Waals surface area contributed by atoms with Gasteiger partial charge in [-0.2, -0.15) is 0 Å². The van der Waals surface area contributed by atoms with Gasteiger partial charge in [0.2, 0.25) is 0 Å². The van der Waals surface area contributed by atoms with Gasteiger partial charge in [0.1, 0.15) is 11.6 Å². The lowest BCUT2D eigenvalue weighted by molar-refractivity contribution is 0.276. The summed E-state index contributed by atoms with van der Waals surface area (Å²) in [4.78, 5) is 15.3. The number of aliphatic hydroxyl groups is 2. The van der Waals surface area contributed by atoms with E-state index in [1.165, 1.54) is 12.3 Å². The fourth-order valence-corrected chi connectivity index (χ4v) is 3.19. The first-order chi connectivity index (χ1) is 14.2. The molecule has 0 amide bonds. The van der Waals surface area contributed by atoms with E-state index in [2.05, 4.69) is 25.4 Å². The van der Waals surface area contributed by atoms with Crippen LogP contribution in [-0.2, 0) is 6.42 Å². The Kier molecular flexibility index (Phi) is 8.63. The summed E-state index contributed by atoms with van der Waals surface area (Å²) in [7, 11) is 0.